The van der Waals surface area contributed by atoms with Crippen molar-refractivity contribution in [1.29, 1.82) is 0 Å². The van der Waals surface area contributed by atoms with Gasteiger partial charge in [0.1, 0.15) is 0 Å². The lowest BCUT2D eigenvalue weighted by atomic mass is 9.95. The molecule has 0 aliphatic rings. The number of allylic oxidation sites excluding steroid dienone is 5. The third-order valence-electron chi connectivity index (χ3n) is 5.60. The summed E-state index contributed by atoms with van der Waals surface area (Å²) in [5.41, 5.74) is 5.34. The zero-order valence-electron chi connectivity index (χ0n) is 20.2. The van der Waals surface area contributed by atoms with Crippen LogP contribution in [0, 0.1) is 18.8 Å². The van der Waals surface area contributed by atoms with Gasteiger partial charge in [-0.1, -0.05) is 83.7 Å². The summed E-state index contributed by atoms with van der Waals surface area (Å²) in [6.45, 7) is 16.8. The molecule has 29 heavy (non-hydrogen) atoms. The van der Waals surface area contributed by atoms with Crippen LogP contribution in [-0.4, -0.2) is 6.54 Å². The zero-order valence-corrected chi connectivity index (χ0v) is 20.2. The van der Waals surface area contributed by atoms with Crippen molar-refractivity contribution in [3.63, 3.8) is 0 Å². The first-order valence-corrected chi connectivity index (χ1v) is 11.8. The van der Waals surface area contributed by atoms with Crippen LogP contribution in [0.5, 0.6) is 0 Å². The quantitative estimate of drug-likeness (QED) is 0.301. The molecule has 0 aliphatic carbocycles. The summed E-state index contributed by atoms with van der Waals surface area (Å²) in [5.74, 6) is 1.25. The molecule has 0 radical (unpaired) electrons. The summed E-state index contributed by atoms with van der Waals surface area (Å²) in [7, 11) is 0. The van der Waals surface area contributed by atoms with E-state index in [9.17, 15) is 0 Å². The van der Waals surface area contributed by atoms with Crippen molar-refractivity contribution < 1.29 is 0 Å². The van der Waals surface area contributed by atoms with Gasteiger partial charge in [0.05, 0.1) is 0 Å². The third kappa shape index (κ3) is 9.07. The maximum atomic E-state index is 2.56. The Morgan fingerprint density at radius 3 is 2.21 bits per heavy atom. The number of rotatable bonds is 13. The molecule has 0 aromatic heterocycles. The highest BCUT2D eigenvalue weighted by molar-refractivity contribution is 5.56. The number of hydrogen-bond donors (Lipinski definition) is 0. The minimum atomic E-state index is 0.524. The van der Waals surface area contributed by atoms with Gasteiger partial charge in [-0.3, -0.25) is 0 Å². The van der Waals surface area contributed by atoms with E-state index in [4.69, 9.17) is 0 Å². The van der Waals surface area contributed by atoms with Crippen LogP contribution in [0.2, 0.25) is 0 Å². The summed E-state index contributed by atoms with van der Waals surface area (Å²) in [4.78, 5) is 2.56. The smallest absolute Gasteiger partial charge is 0.0410 e. The van der Waals surface area contributed by atoms with E-state index in [1.165, 1.54) is 54.6 Å². The Morgan fingerprint density at radius 2 is 1.69 bits per heavy atom. The van der Waals surface area contributed by atoms with Crippen molar-refractivity contribution in [3.05, 3.63) is 65.4 Å². The fraction of sp³-hybridized carbons (Fsp3) is 0.571. The number of benzene rings is 1. The van der Waals surface area contributed by atoms with Gasteiger partial charge < -0.3 is 4.90 Å². The molecule has 1 atom stereocenters. The van der Waals surface area contributed by atoms with E-state index in [1.54, 1.807) is 0 Å². The molecule has 1 unspecified atom stereocenters. The van der Waals surface area contributed by atoms with Crippen LogP contribution >= 0.6 is 0 Å². The van der Waals surface area contributed by atoms with Gasteiger partial charge in [-0.15, -0.1) is 0 Å². The molecule has 0 N–H and O–H groups in total. The summed E-state index contributed by atoms with van der Waals surface area (Å²) >= 11 is 0. The van der Waals surface area contributed by atoms with Crippen LogP contribution in [0.25, 0.3) is 0 Å². The van der Waals surface area contributed by atoms with Crippen molar-refractivity contribution in [2.24, 2.45) is 11.8 Å². The number of nitrogens with zero attached hydrogens (tertiary/aromatic N) is 1. The molecule has 0 fully saturated rings. The molecule has 1 rings (SSSR count). The lowest BCUT2D eigenvalue weighted by Crippen LogP contribution is -2.29. The largest absolute Gasteiger partial charge is 0.341 e. The first-order chi connectivity index (χ1) is 14.0. The molecule has 0 bridgehead atoms. The Balaban J connectivity index is 3.40. The van der Waals surface area contributed by atoms with E-state index in [-0.39, 0.29) is 0 Å². The topological polar surface area (TPSA) is 3.24 Å². The second-order valence-electron chi connectivity index (χ2n) is 8.57. The Morgan fingerprint density at radius 1 is 1.00 bits per heavy atom. The van der Waals surface area contributed by atoms with E-state index in [2.05, 4.69) is 102 Å². The average molecular weight is 396 g/mol. The SMILES string of the molecule is C\C=C(/C=C(\C=C\CC)N(CC(CCC)CCCC)c1ccc(C)cc1)C(C)C. The fourth-order valence-corrected chi connectivity index (χ4v) is 3.78. The second-order valence-corrected chi connectivity index (χ2v) is 8.57. The molecule has 0 saturated carbocycles. The predicted octanol–water partition coefficient (Wildman–Crippen LogP) is 8.86. The lowest BCUT2D eigenvalue weighted by Gasteiger charge is -2.31. The Kier molecular flexibility index (Phi) is 12.4. The molecule has 1 heteroatoms. The summed E-state index contributed by atoms with van der Waals surface area (Å²) in [5, 5.41) is 0. The van der Waals surface area contributed by atoms with Gasteiger partial charge in [0.15, 0.2) is 0 Å². The number of hydrogen-bond acceptors (Lipinski definition) is 1. The zero-order chi connectivity index (χ0) is 21.6. The van der Waals surface area contributed by atoms with Gasteiger partial charge in [0.2, 0.25) is 0 Å². The minimum Gasteiger partial charge on any atom is -0.341 e. The van der Waals surface area contributed by atoms with Crippen LogP contribution < -0.4 is 4.90 Å². The minimum absolute atomic E-state index is 0.524. The summed E-state index contributed by atoms with van der Waals surface area (Å²) in [6.07, 6.45) is 16.8. The van der Waals surface area contributed by atoms with Crippen molar-refractivity contribution in [3.8, 4) is 0 Å². The molecule has 1 aromatic rings. The van der Waals surface area contributed by atoms with Crippen LogP contribution in [0.15, 0.2) is 59.8 Å². The van der Waals surface area contributed by atoms with Gasteiger partial charge in [-0.2, -0.15) is 0 Å². The summed E-state index contributed by atoms with van der Waals surface area (Å²) in [6, 6.07) is 9.06. The Bertz CT molecular complexity index is 645. The molecule has 0 amide bonds. The molecule has 0 heterocycles. The Labute approximate surface area is 181 Å². The average Bonchev–Trinajstić information content (AvgIpc) is 2.71. The van der Waals surface area contributed by atoms with Crippen LogP contribution in [-0.2, 0) is 0 Å². The molecule has 0 aliphatic heterocycles. The second kappa shape index (κ2) is 14.3. The van der Waals surface area contributed by atoms with Crippen LogP contribution in [0.1, 0.15) is 85.6 Å². The number of unbranched alkanes of at least 4 members (excludes halogenated alkanes) is 1. The van der Waals surface area contributed by atoms with Crippen molar-refractivity contribution in [1.82, 2.24) is 0 Å². The van der Waals surface area contributed by atoms with Gasteiger partial charge in [0, 0.05) is 17.9 Å². The normalized spacial score (nSPS) is 14.1. The molecular formula is C28H45N. The highest BCUT2D eigenvalue weighted by atomic mass is 15.1. The fourth-order valence-electron chi connectivity index (χ4n) is 3.78. The van der Waals surface area contributed by atoms with Crippen molar-refractivity contribution >= 4 is 5.69 Å². The first-order valence-electron chi connectivity index (χ1n) is 11.8. The number of aryl methyl sites for hydroxylation is 1. The maximum Gasteiger partial charge on any atom is 0.0410 e. The molecular weight excluding hydrogens is 350 g/mol. The molecule has 1 aromatic carbocycles. The highest BCUT2D eigenvalue weighted by Gasteiger charge is 2.17. The monoisotopic (exact) mass is 395 g/mol. The van der Waals surface area contributed by atoms with E-state index < -0.39 is 0 Å². The standard InChI is InChI=1S/C28H45N/c1-8-12-15-25(14-10-3)22-29(27-19-17-24(7)18-20-27)28(16-13-9-2)21-26(11-4)23(5)6/h11,13,16-21,23,25H,8-10,12,14-15,22H2,1-7H3/b16-13+,26-11+,28-21+. The van der Waals surface area contributed by atoms with Crippen LogP contribution in [0.4, 0.5) is 5.69 Å². The van der Waals surface area contributed by atoms with Gasteiger partial charge >= 0.3 is 0 Å². The van der Waals surface area contributed by atoms with Gasteiger partial charge in [-0.25, -0.2) is 0 Å². The molecule has 162 valence electrons. The summed E-state index contributed by atoms with van der Waals surface area (Å²) < 4.78 is 0. The van der Waals surface area contributed by atoms with E-state index in [0.29, 0.717) is 5.92 Å². The highest BCUT2D eigenvalue weighted by Crippen LogP contribution is 2.27. The molecule has 0 spiro atoms. The Hall–Kier alpha value is -1.76. The molecule has 0 saturated heterocycles. The van der Waals surface area contributed by atoms with E-state index in [0.717, 1.165) is 18.9 Å². The van der Waals surface area contributed by atoms with Crippen molar-refractivity contribution in [2.45, 2.75) is 87.0 Å². The van der Waals surface area contributed by atoms with E-state index in [1.807, 2.05) is 0 Å². The van der Waals surface area contributed by atoms with Gasteiger partial charge in [0.25, 0.3) is 0 Å². The number of anilines is 1. The van der Waals surface area contributed by atoms with Gasteiger partial charge in [-0.05, 0) is 74.8 Å². The first kappa shape index (κ1) is 25.3. The van der Waals surface area contributed by atoms with E-state index >= 15 is 0 Å². The van der Waals surface area contributed by atoms with Crippen LogP contribution in [0.3, 0.4) is 0 Å². The maximum absolute atomic E-state index is 2.56. The predicted molar refractivity (Wildman–Crippen MR) is 133 cm³/mol. The molecule has 1 nitrogen and oxygen atoms in total. The third-order valence-corrected chi connectivity index (χ3v) is 5.60. The lowest BCUT2D eigenvalue weighted by molar-refractivity contribution is 0.433. The van der Waals surface area contributed by atoms with Crippen molar-refractivity contribution in [2.75, 3.05) is 11.4 Å².